The molecule has 0 N–H and O–H groups in total. The fourth-order valence-electron chi connectivity index (χ4n) is 3.56. The molecule has 1 aliphatic rings. The van der Waals surface area contributed by atoms with Crippen molar-refractivity contribution in [1.29, 1.82) is 0 Å². The van der Waals surface area contributed by atoms with Gasteiger partial charge in [-0.3, -0.25) is 4.79 Å². The highest BCUT2D eigenvalue weighted by molar-refractivity contribution is 7.90. The van der Waals surface area contributed by atoms with E-state index in [-0.39, 0.29) is 29.2 Å². The van der Waals surface area contributed by atoms with E-state index in [2.05, 4.69) is 4.98 Å². The fraction of sp³-hybridized carbons (Fsp3) is 0.238. The number of alkyl halides is 3. The van der Waals surface area contributed by atoms with Gasteiger partial charge in [-0.2, -0.15) is 13.2 Å². The third-order valence-corrected chi connectivity index (χ3v) is 7.25. The Balaban J connectivity index is 1.57. The van der Waals surface area contributed by atoms with Crippen LogP contribution in [0.25, 0.3) is 0 Å². The first-order chi connectivity index (χ1) is 14.5. The lowest BCUT2D eigenvalue weighted by atomic mass is 9.94. The molecule has 2 heterocycles. The van der Waals surface area contributed by atoms with Crippen LogP contribution in [0, 0.1) is 0 Å². The number of aromatic nitrogens is 1. The van der Waals surface area contributed by atoms with Gasteiger partial charge in [0.2, 0.25) is 5.78 Å². The van der Waals surface area contributed by atoms with E-state index in [9.17, 15) is 26.4 Å². The average molecular weight is 467 g/mol. The molecule has 0 saturated heterocycles. The number of hydrogen-bond acceptors (Lipinski definition) is 6. The van der Waals surface area contributed by atoms with Gasteiger partial charge in [0.05, 0.1) is 21.5 Å². The molecule has 10 heteroatoms. The van der Waals surface area contributed by atoms with Gasteiger partial charge in [0.25, 0.3) is 0 Å². The average Bonchev–Trinajstić information content (AvgIpc) is 3.21. The van der Waals surface area contributed by atoms with Crippen molar-refractivity contribution in [1.82, 2.24) is 4.98 Å². The molecule has 0 bridgehead atoms. The van der Waals surface area contributed by atoms with Gasteiger partial charge in [0.1, 0.15) is 0 Å². The molecular weight excluding hydrogens is 449 g/mol. The van der Waals surface area contributed by atoms with E-state index in [1.807, 2.05) is 4.90 Å². The van der Waals surface area contributed by atoms with Crippen LogP contribution in [0.2, 0.25) is 0 Å². The van der Waals surface area contributed by atoms with Gasteiger partial charge in [-0.15, -0.1) is 0 Å². The quantitative estimate of drug-likeness (QED) is 0.535. The minimum atomic E-state index is -4.39. The van der Waals surface area contributed by atoms with Crippen molar-refractivity contribution in [2.45, 2.75) is 24.0 Å². The standard InChI is InChI=1S/C21H17F3N2O3S2/c1-31(28,29)15-6-2-4-13(10-15)19(27)18-11-25-20(30-18)26-9-8-16-14(12-26)5-3-7-17(16)21(22,23)24/h2-7,10-11H,8-9,12H2,1H3. The topological polar surface area (TPSA) is 67.3 Å². The maximum absolute atomic E-state index is 13.3. The monoisotopic (exact) mass is 466 g/mol. The molecule has 0 amide bonds. The van der Waals surface area contributed by atoms with Crippen molar-refractivity contribution in [3.05, 3.63) is 75.8 Å². The highest BCUT2D eigenvalue weighted by Crippen LogP contribution is 2.37. The van der Waals surface area contributed by atoms with Crippen LogP contribution in [0.5, 0.6) is 0 Å². The van der Waals surface area contributed by atoms with Crippen molar-refractivity contribution in [3.63, 3.8) is 0 Å². The summed E-state index contributed by atoms with van der Waals surface area (Å²) in [5, 5.41) is 0.533. The summed E-state index contributed by atoms with van der Waals surface area (Å²) >= 11 is 1.13. The van der Waals surface area contributed by atoms with Gasteiger partial charge >= 0.3 is 6.18 Å². The molecule has 1 aliphatic heterocycles. The lowest BCUT2D eigenvalue weighted by Gasteiger charge is -2.30. The predicted molar refractivity (Wildman–Crippen MR) is 111 cm³/mol. The largest absolute Gasteiger partial charge is 0.416 e. The zero-order valence-electron chi connectivity index (χ0n) is 16.3. The predicted octanol–water partition coefficient (Wildman–Crippen LogP) is 4.36. The molecule has 1 aromatic heterocycles. The molecule has 0 fully saturated rings. The van der Waals surface area contributed by atoms with Crippen LogP contribution >= 0.6 is 11.3 Å². The molecular formula is C21H17F3N2O3S2. The Morgan fingerprint density at radius 1 is 1.16 bits per heavy atom. The van der Waals surface area contributed by atoms with Crippen LogP contribution < -0.4 is 4.90 Å². The van der Waals surface area contributed by atoms with Crippen molar-refractivity contribution in [3.8, 4) is 0 Å². The number of sulfone groups is 1. The van der Waals surface area contributed by atoms with E-state index in [4.69, 9.17) is 0 Å². The Kier molecular flexibility index (Phi) is 5.38. The first-order valence-corrected chi connectivity index (χ1v) is 12.0. The van der Waals surface area contributed by atoms with E-state index in [0.29, 0.717) is 27.7 Å². The van der Waals surface area contributed by atoms with Gasteiger partial charge < -0.3 is 4.90 Å². The molecule has 0 saturated carbocycles. The third-order valence-electron chi connectivity index (χ3n) is 5.08. The van der Waals surface area contributed by atoms with Crippen LogP contribution in [0.15, 0.2) is 53.6 Å². The second-order valence-corrected chi connectivity index (χ2v) is 10.3. The summed E-state index contributed by atoms with van der Waals surface area (Å²) in [6.07, 6.45) is -1.68. The molecule has 162 valence electrons. The zero-order valence-corrected chi connectivity index (χ0v) is 17.9. The number of nitrogens with zero attached hydrogens (tertiary/aromatic N) is 2. The molecule has 0 spiro atoms. The Morgan fingerprint density at radius 3 is 2.61 bits per heavy atom. The highest BCUT2D eigenvalue weighted by Gasteiger charge is 2.35. The van der Waals surface area contributed by atoms with Crippen LogP contribution in [0.3, 0.4) is 0 Å². The van der Waals surface area contributed by atoms with E-state index in [0.717, 1.165) is 23.7 Å². The molecule has 3 aromatic rings. The summed E-state index contributed by atoms with van der Waals surface area (Å²) in [6, 6.07) is 9.96. The third kappa shape index (κ3) is 4.35. The second kappa shape index (κ2) is 7.76. The Morgan fingerprint density at radius 2 is 1.90 bits per heavy atom. The minimum Gasteiger partial charge on any atom is -0.343 e. The number of anilines is 1. The minimum absolute atomic E-state index is 0.0520. The van der Waals surface area contributed by atoms with Gasteiger partial charge in [0.15, 0.2) is 15.0 Å². The summed E-state index contributed by atoms with van der Waals surface area (Å²) in [4.78, 5) is 19.3. The number of ketones is 1. The Bertz CT molecular complexity index is 1270. The Labute approximate surface area is 181 Å². The van der Waals surface area contributed by atoms with Crippen molar-refractivity contribution >= 4 is 32.1 Å². The fourth-order valence-corrected chi connectivity index (χ4v) is 5.13. The summed E-state index contributed by atoms with van der Waals surface area (Å²) in [5.74, 6) is -0.356. The van der Waals surface area contributed by atoms with E-state index < -0.39 is 21.6 Å². The summed E-state index contributed by atoms with van der Waals surface area (Å²) < 4.78 is 63.2. The number of hydrogen-bond donors (Lipinski definition) is 0. The van der Waals surface area contributed by atoms with Crippen molar-refractivity contribution in [2.75, 3.05) is 17.7 Å². The van der Waals surface area contributed by atoms with Crippen molar-refractivity contribution < 1.29 is 26.4 Å². The van der Waals surface area contributed by atoms with Crippen molar-refractivity contribution in [2.24, 2.45) is 0 Å². The Hall–Kier alpha value is -2.72. The number of thiazole rings is 1. The zero-order chi connectivity index (χ0) is 22.4. The first-order valence-electron chi connectivity index (χ1n) is 9.27. The molecule has 2 aromatic carbocycles. The lowest BCUT2D eigenvalue weighted by Crippen LogP contribution is -2.31. The highest BCUT2D eigenvalue weighted by atomic mass is 32.2. The first kappa shape index (κ1) is 21.5. The molecule has 0 unspecified atom stereocenters. The molecule has 4 rings (SSSR count). The summed E-state index contributed by atoms with van der Waals surface area (Å²) in [6.45, 7) is 0.620. The molecule has 0 radical (unpaired) electrons. The van der Waals surface area contributed by atoms with Crippen LogP contribution in [0.4, 0.5) is 18.3 Å². The number of carbonyl (C=O) groups is 1. The number of benzene rings is 2. The van der Waals surface area contributed by atoms with E-state index >= 15 is 0 Å². The van der Waals surface area contributed by atoms with Gasteiger partial charge in [0, 0.05) is 24.9 Å². The van der Waals surface area contributed by atoms with Gasteiger partial charge in [-0.05, 0) is 35.7 Å². The molecule has 0 aliphatic carbocycles. The number of fused-ring (bicyclic) bond motifs is 1. The maximum atomic E-state index is 13.3. The second-order valence-electron chi connectivity index (χ2n) is 7.25. The smallest absolute Gasteiger partial charge is 0.343 e. The molecule has 5 nitrogen and oxygen atoms in total. The number of halogens is 3. The van der Waals surface area contributed by atoms with Gasteiger partial charge in [-0.1, -0.05) is 35.6 Å². The van der Waals surface area contributed by atoms with Gasteiger partial charge in [-0.25, -0.2) is 13.4 Å². The molecule has 0 atom stereocenters. The summed E-state index contributed by atoms with van der Waals surface area (Å²) in [5.41, 5.74) is 0.518. The maximum Gasteiger partial charge on any atom is 0.416 e. The SMILES string of the molecule is CS(=O)(=O)c1cccc(C(=O)c2cnc(N3CCc4c(cccc4C(F)(F)F)C3)s2)c1. The van der Waals surface area contributed by atoms with E-state index in [1.165, 1.54) is 36.5 Å². The normalized spacial score (nSPS) is 14.4. The van der Waals surface area contributed by atoms with Crippen LogP contribution in [-0.4, -0.2) is 32.0 Å². The van der Waals surface area contributed by atoms with Crippen LogP contribution in [-0.2, 0) is 29.0 Å². The molecule has 31 heavy (non-hydrogen) atoms. The summed E-state index contributed by atoms with van der Waals surface area (Å²) in [7, 11) is -3.45. The van der Waals surface area contributed by atoms with E-state index in [1.54, 1.807) is 6.07 Å². The van der Waals surface area contributed by atoms with Crippen LogP contribution in [0.1, 0.15) is 31.9 Å². The number of carbonyl (C=O) groups excluding carboxylic acids is 1. The lowest BCUT2D eigenvalue weighted by molar-refractivity contribution is -0.138. The number of rotatable bonds is 4.